The van der Waals surface area contributed by atoms with Gasteiger partial charge in [-0.05, 0) is 31.0 Å². The largest absolute Gasteiger partial charge is 0.298 e. The number of nitrogens with zero attached hydrogens (tertiary/aromatic N) is 1. The molecule has 1 fully saturated rings. The normalized spacial score (nSPS) is 14.5. The van der Waals surface area contributed by atoms with Crippen LogP contribution in [0.5, 0.6) is 0 Å². The van der Waals surface area contributed by atoms with Gasteiger partial charge in [-0.15, -0.1) is 11.3 Å². The van der Waals surface area contributed by atoms with Crippen molar-refractivity contribution in [1.29, 1.82) is 0 Å². The summed E-state index contributed by atoms with van der Waals surface area (Å²) >= 11 is 7.32. The molecular weight excluding hydrogens is 268 g/mol. The summed E-state index contributed by atoms with van der Waals surface area (Å²) in [6, 6.07) is 6.88. The first-order valence-corrected chi connectivity index (χ1v) is 7.00. The molecule has 0 atom stereocenters. The zero-order chi connectivity index (χ0) is 12.5. The highest BCUT2D eigenvalue weighted by Crippen LogP contribution is 2.40. The van der Waals surface area contributed by atoms with Crippen molar-refractivity contribution >= 4 is 34.0 Å². The van der Waals surface area contributed by atoms with Gasteiger partial charge in [0.15, 0.2) is 5.13 Å². The third-order valence-corrected chi connectivity index (χ3v) is 3.84. The second kappa shape index (κ2) is 4.71. The Balaban J connectivity index is 1.73. The SMILES string of the molecule is O=C(Nc1nc(C2CC2)cs1)c1cccc(Cl)c1. The van der Waals surface area contributed by atoms with Crippen LogP contribution in [-0.4, -0.2) is 10.9 Å². The van der Waals surface area contributed by atoms with E-state index in [4.69, 9.17) is 11.6 Å². The number of thiazole rings is 1. The van der Waals surface area contributed by atoms with E-state index in [-0.39, 0.29) is 5.91 Å². The molecule has 2 aromatic rings. The number of halogens is 1. The minimum absolute atomic E-state index is 0.172. The highest BCUT2D eigenvalue weighted by atomic mass is 35.5. The number of benzene rings is 1. The predicted octanol–water partition coefficient (Wildman–Crippen LogP) is 3.93. The zero-order valence-electron chi connectivity index (χ0n) is 9.52. The molecule has 0 bridgehead atoms. The topological polar surface area (TPSA) is 42.0 Å². The van der Waals surface area contributed by atoms with E-state index in [1.807, 2.05) is 5.38 Å². The van der Waals surface area contributed by atoms with Crippen molar-refractivity contribution in [2.45, 2.75) is 18.8 Å². The number of carbonyl (C=O) groups excluding carboxylic acids is 1. The van der Waals surface area contributed by atoms with Crippen LogP contribution in [0.15, 0.2) is 29.6 Å². The standard InChI is InChI=1S/C13H11ClN2OS/c14-10-3-1-2-9(6-10)12(17)16-13-15-11(7-18-13)8-4-5-8/h1-3,6-8H,4-5H2,(H,15,16,17). The first kappa shape index (κ1) is 11.7. The van der Waals surface area contributed by atoms with E-state index in [1.165, 1.54) is 24.2 Å². The fourth-order valence-electron chi connectivity index (χ4n) is 1.71. The van der Waals surface area contributed by atoms with E-state index < -0.39 is 0 Å². The molecule has 0 unspecified atom stereocenters. The number of nitrogens with one attached hydrogen (secondary N) is 1. The number of rotatable bonds is 3. The van der Waals surface area contributed by atoms with Crippen molar-refractivity contribution in [2.75, 3.05) is 5.32 Å². The van der Waals surface area contributed by atoms with Crippen LogP contribution >= 0.6 is 22.9 Å². The van der Waals surface area contributed by atoms with Crippen LogP contribution in [0, 0.1) is 0 Å². The van der Waals surface area contributed by atoms with Gasteiger partial charge in [0.2, 0.25) is 0 Å². The van der Waals surface area contributed by atoms with Gasteiger partial charge in [0.1, 0.15) is 0 Å². The summed E-state index contributed by atoms with van der Waals surface area (Å²) in [6.45, 7) is 0. The Morgan fingerprint density at radius 3 is 3.00 bits per heavy atom. The van der Waals surface area contributed by atoms with Gasteiger partial charge < -0.3 is 0 Å². The van der Waals surface area contributed by atoms with Crippen molar-refractivity contribution in [3.63, 3.8) is 0 Å². The Bertz CT molecular complexity index is 592. The molecule has 1 saturated carbocycles. The van der Waals surface area contributed by atoms with Gasteiger partial charge in [-0.1, -0.05) is 17.7 Å². The third kappa shape index (κ3) is 2.54. The number of carbonyl (C=O) groups is 1. The van der Waals surface area contributed by atoms with Crippen LogP contribution in [0.4, 0.5) is 5.13 Å². The predicted molar refractivity (Wildman–Crippen MR) is 73.5 cm³/mol. The molecule has 92 valence electrons. The van der Waals surface area contributed by atoms with E-state index in [0.717, 1.165) is 5.69 Å². The summed E-state index contributed by atoms with van der Waals surface area (Å²) in [7, 11) is 0. The maximum Gasteiger partial charge on any atom is 0.257 e. The van der Waals surface area contributed by atoms with Crippen molar-refractivity contribution in [3.8, 4) is 0 Å². The van der Waals surface area contributed by atoms with Gasteiger partial charge in [-0.25, -0.2) is 4.98 Å². The average Bonchev–Trinajstić information content (AvgIpc) is 3.11. The third-order valence-electron chi connectivity index (χ3n) is 2.82. The number of anilines is 1. The Morgan fingerprint density at radius 1 is 1.44 bits per heavy atom. The van der Waals surface area contributed by atoms with Crippen LogP contribution in [0.3, 0.4) is 0 Å². The Morgan fingerprint density at radius 2 is 2.28 bits per heavy atom. The summed E-state index contributed by atoms with van der Waals surface area (Å²) < 4.78 is 0. The van der Waals surface area contributed by atoms with Gasteiger partial charge in [0.05, 0.1) is 5.69 Å². The molecule has 0 aliphatic heterocycles. The van der Waals surface area contributed by atoms with Gasteiger partial charge in [-0.2, -0.15) is 0 Å². The molecule has 1 aromatic carbocycles. The number of hydrogen-bond acceptors (Lipinski definition) is 3. The lowest BCUT2D eigenvalue weighted by Crippen LogP contribution is -2.11. The van der Waals surface area contributed by atoms with Crippen molar-refractivity contribution in [3.05, 3.63) is 45.9 Å². The van der Waals surface area contributed by atoms with Gasteiger partial charge in [0, 0.05) is 21.9 Å². The molecule has 1 N–H and O–H groups in total. The molecular formula is C13H11ClN2OS. The Kier molecular flexibility index (Phi) is 3.06. The molecule has 0 spiro atoms. The van der Waals surface area contributed by atoms with Gasteiger partial charge >= 0.3 is 0 Å². The minimum atomic E-state index is -0.172. The first-order chi connectivity index (χ1) is 8.72. The summed E-state index contributed by atoms with van der Waals surface area (Å²) in [6.07, 6.45) is 2.43. The summed E-state index contributed by atoms with van der Waals surface area (Å²) in [5.41, 5.74) is 1.65. The summed E-state index contributed by atoms with van der Waals surface area (Å²) in [5.74, 6) is 0.437. The molecule has 0 radical (unpaired) electrons. The summed E-state index contributed by atoms with van der Waals surface area (Å²) in [5, 5.41) is 6.03. The van der Waals surface area contributed by atoms with Crippen LogP contribution < -0.4 is 5.32 Å². The lowest BCUT2D eigenvalue weighted by molar-refractivity contribution is 0.102. The molecule has 0 saturated heterocycles. The molecule has 1 heterocycles. The lowest BCUT2D eigenvalue weighted by Gasteiger charge is -2.01. The number of aromatic nitrogens is 1. The highest BCUT2D eigenvalue weighted by molar-refractivity contribution is 7.14. The fraction of sp³-hybridized carbons (Fsp3) is 0.231. The van der Waals surface area contributed by atoms with E-state index in [2.05, 4.69) is 10.3 Å². The van der Waals surface area contributed by atoms with Crippen LogP contribution in [0.2, 0.25) is 5.02 Å². The summed E-state index contributed by atoms with van der Waals surface area (Å²) in [4.78, 5) is 16.4. The van der Waals surface area contributed by atoms with Crippen LogP contribution in [0.25, 0.3) is 0 Å². The second-order valence-corrected chi connectivity index (χ2v) is 5.61. The van der Waals surface area contributed by atoms with E-state index in [0.29, 0.717) is 21.6 Å². The molecule has 1 amide bonds. The minimum Gasteiger partial charge on any atom is -0.298 e. The number of amides is 1. The van der Waals surface area contributed by atoms with Crippen molar-refractivity contribution in [2.24, 2.45) is 0 Å². The molecule has 1 aliphatic carbocycles. The molecule has 1 aromatic heterocycles. The maximum atomic E-state index is 12.0. The molecule has 3 nitrogen and oxygen atoms in total. The van der Waals surface area contributed by atoms with E-state index >= 15 is 0 Å². The van der Waals surface area contributed by atoms with Crippen molar-refractivity contribution in [1.82, 2.24) is 4.98 Å². The van der Waals surface area contributed by atoms with Crippen LogP contribution in [-0.2, 0) is 0 Å². The molecule has 1 aliphatic rings. The Hall–Kier alpha value is -1.39. The fourth-order valence-corrected chi connectivity index (χ4v) is 2.69. The monoisotopic (exact) mass is 278 g/mol. The van der Waals surface area contributed by atoms with Crippen LogP contribution in [0.1, 0.15) is 34.8 Å². The van der Waals surface area contributed by atoms with Gasteiger partial charge in [0.25, 0.3) is 5.91 Å². The molecule has 3 rings (SSSR count). The van der Waals surface area contributed by atoms with E-state index in [1.54, 1.807) is 24.3 Å². The molecule has 5 heteroatoms. The maximum absolute atomic E-state index is 12.0. The van der Waals surface area contributed by atoms with Crippen molar-refractivity contribution < 1.29 is 4.79 Å². The number of hydrogen-bond donors (Lipinski definition) is 1. The first-order valence-electron chi connectivity index (χ1n) is 5.75. The Labute approximate surface area is 114 Å². The zero-order valence-corrected chi connectivity index (χ0v) is 11.1. The quantitative estimate of drug-likeness (QED) is 0.924. The molecule has 18 heavy (non-hydrogen) atoms. The second-order valence-electron chi connectivity index (χ2n) is 4.32. The van der Waals surface area contributed by atoms with Gasteiger partial charge in [-0.3, -0.25) is 10.1 Å². The smallest absolute Gasteiger partial charge is 0.257 e. The lowest BCUT2D eigenvalue weighted by atomic mass is 10.2. The highest BCUT2D eigenvalue weighted by Gasteiger charge is 2.26. The van der Waals surface area contributed by atoms with E-state index in [9.17, 15) is 4.79 Å². The average molecular weight is 279 g/mol.